The van der Waals surface area contributed by atoms with Gasteiger partial charge in [0.05, 0.1) is 17.3 Å². The lowest BCUT2D eigenvalue weighted by Gasteiger charge is -2.23. The van der Waals surface area contributed by atoms with E-state index < -0.39 is 0 Å². The summed E-state index contributed by atoms with van der Waals surface area (Å²) >= 11 is 0. The molecule has 0 radical (unpaired) electrons. The molecule has 1 aliphatic heterocycles. The minimum absolute atomic E-state index is 0.00180. The average molecular weight is 310 g/mol. The molecule has 1 aliphatic carbocycles. The van der Waals surface area contributed by atoms with Crippen molar-refractivity contribution in [3.63, 3.8) is 0 Å². The molecule has 1 aromatic heterocycles. The van der Waals surface area contributed by atoms with Crippen molar-refractivity contribution in [3.8, 4) is 0 Å². The minimum Gasteiger partial charge on any atom is -0.384 e. The second-order valence-corrected chi connectivity index (χ2v) is 6.55. The van der Waals surface area contributed by atoms with E-state index in [9.17, 15) is 4.79 Å². The molecule has 1 saturated carbocycles. The van der Waals surface area contributed by atoms with Gasteiger partial charge in [-0.2, -0.15) is 0 Å². The second kappa shape index (κ2) is 5.72. The van der Waals surface area contributed by atoms with E-state index >= 15 is 0 Å². The minimum atomic E-state index is -0.00356. The van der Waals surface area contributed by atoms with E-state index in [1.807, 2.05) is 29.9 Å². The maximum Gasteiger partial charge on any atom is 0.253 e. The van der Waals surface area contributed by atoms with E-state index in [0.717, 1.165) is 49.3 Å². The third-order valence-corrected chi connectivity index (χ3v) is 4.84. The number of rotatable bonds is 4. The molecule has 5 nitrogen and oxygen atoms in total. The van der Waals surface area contributed by atoms with Crippen LogP contribution in [0.3, 0.4) is 0 Å². The number of aromatic nitrogens is 2. The maximum absolute atomic E-state index is 12.9. The van der Waals surface area contributed by atoms with Crippen LogP contribution in [-0.2, 0) is 13.5 Å². The van der Waals surface area contributed by atoms with Crippen LogP contribution in [0.2, 0.25) is 0 Å². The van der Waals surface area contributed by atoms with E-state index in [-0.39, 0.29) is 11.9 Å². The van der Waals surface area contributed by atoms with Crippen molar-refractivity contribution in [1.82, 2.24) is 14.9 Å². The van der Waals surface area contributed by atoms with Gasteiger partial charge in [0.2, 0.25) is 0 Å². The smallest absolute Gasteiger partial charge is 0.253 e. The van der Waals surface area contributed by atoms with Gasteiger partial charge in [0.1, 0.15) is 5.82 Å². The number of nitrogens with zero attached hydrogens (tertiary/aromatic N) is 2. The Bertz CT molecular complexity index is 732. The number of nitrogens with one attached hydrogen (secondary N) is 2. The van der Waals surface area contributed by atoms with E-state index in [4.69, 9.17) is 0 Å². The number of anilines is 1. The van der Waals surface area contributed by atoms with Crippen molar-refractivity contribution >= 4 is 11.6 Å². The van der Waals surface area contributed by atoms with Gasteiger partial charge < -0.3 is 15.2 Å². The molecule has 0 spiro atoms. The molecule has 1 unspecified atom stereocenters. The Morgan fingerprint density at radius 3 is 3.04 bits per heavy atom. The van der Waals surface area contributed by atoms with Crippen molar-refractivity contribution in [2.45, 2.75) is 31.7 Å². The number of amides is 1. The fourth-order valence-electron chi connectivity index (χ4n) is 3.42. The van der Waals surface area contributed by atoms with Crippen LogP contribution in [-0.4, -0.2) is 22.0 Å². The Balaban J connectivity index is 1.61. The average Bonchev–Trinajstić information content (AvgIpc) is 3.33. The predicted octanol–water partition coefficient (Wildman–Crippen LogP) is 2.66. The zero-order chi connectivity index (χ0) is 15.8. The molecule has 23 heavy (non-hydrogen) atoms. The molecule has 1 fully saturated rings. The highest BCUT2D eigenvalue weighted by atomic mass is 16.1. The fraction of sp³-hybridized carbons (Fsp3) is 0.444. The van der Waals surface area contributed by atoms with Crippen molar-refractivity contribution in [3.05, 3.63) is 47.5 Å². The Morgan fingerprint density at radius 2 is 2.30 bits per heavy atom. The first-order chi connectivity index (χ1) is 11.2. The lowest BCUT2D eigenvalue weighted by atomic mass is 9.98. The van der Waals surface area contributed by atoms with Gasteiger partial charge in [0, 0.05) is 26.0 Å². The third kappa shape index (κ3) is 2.71. The van der Waals surface area contributed by atoms with Crippen LogP contribution in [0.1, 0.15) is 47.1 Å². The number of carbonyl (C=O) groups is 1. The van der Waals surface area contributed by atoms with Crippen molar-refractivity contribution < 1.29 is 4.79 Å². The summed E-state index contributed by atoms with van der Waals surface area (Å²) in [6.45, 7) is 0.933. The Hall–Kier alpha value is -2.30. The summed E-state index contributed by atoms with van der Waals surface area (Å²) in [6.07, 6.45) is 8.20. The van der Waals surface area contributed by atoms with Crippen LogP contribution in [0.15, 0.2) is 30.6 Å². The van der Waals surface area contributed by atoms with Crippen LogP contribution in [0.25, 0.3) is 0 Å². The monoisotopic (exact) mass is 310 g/mol. The zero-order valence-electron chi connectivity index (χ0n) is 13.4. The van der Waals surface area contributed by atoms with Crippen LogP contribution in [0.4, 0.5) is 5.69 Å². The first-order valence-corrected chi connectivity index (χ1v) is 8.38. The van der Waals surface area contributed by atoms with Gasteiger partial charge in [-0.05, 0) is 43.2 Å². The summed E-state index contributed by atoms with van der Waals surface area (Å²) in [6, 6.07) is 6.00. The van der Waals surface area contributed by atoms with Gasteiger partial charge in [-0.1, -0.05) is 12.1 Å². The van der Waals surface area contributed by atoms with Gasteiger partial charge in [0.25, 0.3) is 5.91 Å². The zero-order valence-corrected chi connectivity index (χ0v) is 13.4. The lowest BCUT2D eigenvalue weighted by Crippen LogP contribution is -2.32. The highest BCUT2D eigenvalue weighted by molar-refractivity contribution is 6.00. The SMILES string of the molecule is Cn1ccnc1C(NC(=O)c1cccc2c1NCCC2)C1CC1. The van der Waals surface area contributed by atoms with Crippen molar-refractivity contribution in [1.29, 1.82) is 0 Å². The summed E-state index contributed by atoms with van der Waals surface area (Å²) in [5.41, 5.74) is 3.00. The molecule has 1 atom stereocenters. The summed E-state index contributed by atoms with van der Waals surface area (Å²) in [7, 11) is 1.98. The van der Waals surface area contributed by atoms with Gasteiger partial charge in [0.15, 0.2) is 0 Å². The Kier molecular flexibility index (Phi) is 3.56. The Morgan fingerprint density at radius 1 is 1.43 bits per heavy atom. The third-order valence-electron chi connectivity index (χ3n) is 4.84. The van der Waals surface area contributed by atoms with Crippen molar-refractivity contribution in [2.75, 3.05) is 11.9 Å². The largest absolute Gasteiger partial charge is 0.384 e. The van der Waals surface area contributed by atoms with Gasteiger partial charge in [-0.3, -0.25) is 4.79 Å². The molecular formula is C18H22N4O. The number of aryl methyl sites for hydroxylation is 2. The molecule has 1 amide bonds. The number of para-hydroxylation sites is 1. The summed E-state index contributed by atoms with van der Waals surface area (Å²) in [5.74, 6) is 1.45. The van der Waals surface area contributed by atoms with E-state index in [2.05, 4.69) is 21.7 Å². The normalized spacial score (nSPS) is 18.0. The number of imidazole rings is 1. The predicted molar refractivity (Wildman–Crippen MR) is 89.4 cm³/mol. The quantitative estimate of drug-likeness (QED) is 0.913. The van der Waals surface area contributed by atoms with E-state index in [0.29, 0.717) is 5.92 Å². The van der Waals surface area contributed by atoms with Gasteiger partial charge in [-0.15, -0.1) is 0 Å². The number of hydrogen-bond donors (Lipinski definition) is 2. The first kappa shape index (κ1) is 14.3. The van der Waals surface area contributed by atoms with Gasteiger partial charge >= 0.3 is 0 Å². The molecule has 1 aromatic carbocycles. The van der Waals surface area contributed by atoms with Crippen LogP contribution in [0, 0.1) is 5.92 Å². The molecule has 120 valence electrons. The molecule has 2 aromatic rings. The molecule has 0 bridgehead atoms. The fourth-order valence-corrected chi connectivity index (χ4v) is 3.42. The molecule has 2 heterocycles. The molecule has 4 rings (SSSR count). The van der Waals surface area contributed by atoms with Crippen LogP contribution >= 0.6 is 0 Å². The van der Waals surface area contributed by atoms with E-state index in [1.165, 1.54) is 5.56 Å². The molecule has 2 N–H and O–H groups in total. The maximum atomic E-state index is 12.9. The highest BCUT2D eigenvalue weighted by Crippen LogP contribution is 2.40. The molecule has 5 heteroatoms. The van der Waals surface area contributed by atoms with E-state index in [1.54, 1.807) is 6.20 Å². The number of benzene rings is 1. The number of hydrogen-bond acceptors (Lipinski definition) is 3. The molecule has 0 saturated heterocycles. The summed E-state index contributed by atoms with van der Waals surface area (Å²) in [5, 5.41) is 6.62. The van der Waals surface area contributed by atoms with Crippen LogP contribution in [0.5, 0.6) is 0 Å². The topological polar surface area (TPSA) is 59.0 Å². The van der Waals surface area contributed by atoms with Crippen LogP contribution < -0.4 is 10.6 Å². The van der Waals surface area contributed by atoms with Crippen molar-refractivity contribution in [2.24, 2.45) is 13.0 Å². The molecule has 2 aliphatic rings. The number of carbonyl (C=O) groups excluding carboxylic acids is 1. The molecular weight excluding hydrogens is 288 g/mol. The second-order valence-electron chi connectivity index (χ2n) is 6.55. The number of fused-ring (bicyclic) bond motifs is 1. The highest BCUT2D eigenvalue weighted by Gasteiger charge is 2.36. The van der Waals surface area contributed by atoms with Gasteiger partial charge in [-0.25, -0.2) is 4.98 Å². The lowest BCUT2D eigenvalue weighted by molar-refractivity contribution is 0.0929. The summed E-state index contributed by atoms with van der Waals surface area (Å²) in [4.78, 5) is 17.3. The Labute approximate surface area is 136 Å². The first-order valence-electron chi connectivity index (χ1n) is 8.38. The summed E-state index contributed by atoms with van der Waals surface area (Å²) < 4.78 is 2.00. The standard InChI is InChI=1S/C18H22N4O/c1-22-11-10-20-17(22)16(13-7-8-13)21-18(23)14-6-2-4-12-5-3-9-19-15(12)14/h2,4,6,10-11,13,16,19H,3,5,7-9H2,1H3,(H,21,23).